The molecular weight excluding hydrogens is 218 g/mol. The van der Waals surface area contributed by atoms with Crippen LogP contribution in [0.3, 0.4) is 0 Å². The van der Waals surface area contributed by atoms with Gasteiger partial charge >= 0.3 is 0 Å². The van der Waals surface area contributed by atoms with Crippen LogP contribution in [0.25, 0.3) is 0 Å². The van der Waals surface area contributed by atoms with Gasteiger partial charge in [0, 0.05) is 25.2 Å². The third-order valence-electron chi connectivity index (χ3n) is 3.32. The molecule has 1 aliphatic heterocycles. The van der Waals surface area contributed by atoms with Crippen LogP contribution in [0.5, 0.6) is 0 Å². The van der Waals surface area contributed by atoms with Crippen molar-refractivity contribution >= 4 is 5.91 Å². The summed E-state index contributed by atoms with van der Waals surface area (Å²) < 4.78 is 5.35. The number of ether oxygens (including phenoxy) is 1. The van der Waals surface area contributed by atoms with Gasteiger partial charge in [0.2, 0.25) is 5.91 Å². The molecule has 1 amide bonds. The molecule has 0 spiro atoms. The molecule has 1 heterocycles. The molecule has 0 bridgehead atoms. The van der Waals surface area contributed by atoms with Crippen LogP contribution in [0.4, 0.5) is 0 Å². The number of hydrogen-bond donors (Lipinski definition) is 2. The molecule has 0 radical (unpaired) electrons. The van der Waals surface area contributed by atoms with Gasteiger partial charge in [-0.2, -0.15) is 0 Å². The number of nitrogens with two attached hydrogens (primary N) is 1. The topological polar surface area (TPSA) is 67.6 Å². The number of carbonyl (C=O) groups excluding carboxylic acids is 1. The van der Waals surface area contributed by atoms with E-state index in [-0.39, 0.29) is 11.9 Å². The normalized spacial score (nSPS) is 21.8. The first-order chi connectivity index (χ1) is 8.21. The molecule has 17 heavy (non-hydrogen) atoms. The molecule has 0 aliphatic carbocycles. The van der Waals surface area contributed by atoms with Gasteiger partial charge in [0.1, 0.15) is 0 Å². The lowest BCUT2D eigenvalue weighted by Gasteiger charge is -2.34. The predicted octanol–water partition coefficient (Wildman–Crippen LogP) is -0.0493. The maximum atomic E-state index is 11.9. The van der Waals surface area contributed by atoms with Crippen molar-refractivity contribution in [3.05, 3.63) is 0 Å². The van der Waals surface area contributed by atoms with Crippen molar-refractivity contribution in [3.63, 3.8) is 0 Å². The Morgan fingerprint density at radius 3 is 2.82 bits per heavy atom. The van der Waals surface area contributed by atoms with Gasteiger partial charge < -0.3 is 15.8 Å². The Kier molecular flexibility index (Phi) is 6.47. The van der Waals surface area contributed by atoms with Crippen molar-refractivity contribution in [3.8, 4) is 0 Å². The first kappa shape index (κ1) is 14.4. The molecule has 0 aromatic heterocycles. The second-order valence-electron chi connectivity index (χ2n) is 4.52. The molecule has 1 atom stereocenters. The van der Waals surface area contributed by atoms with Crippen molar-refractivity contribution in [2.45, 2.75) is 38.8 Å². The number of carbonyl (C=O) groups is 1. The van der Waals surface area contributed by atoms with Crippen molar-refractivity contribution < 1.29 is 9.53 Å². The van der Waals surface area contributed by atoms with Crippen LogP contribution >= 0.6 is 0 Å². The van der Waals surface area contributed by atoms with E-state index in [0.29, 0.717) is 32.3 Å². The van der Waals surface area contributed by atoms with Crippen LogP contribution in [0.15, 0.2) is 0 Å². The van der Waals surface area contributed by atoms with Crippen molar-refractivity contribution in [2.75, 3.05) is 32.8 Å². The average molecular weight is 243 g/mol. The van der Waals surface area contributed by atoms with E-state index < -0.39 is 0 Å². The fourth-order valence-corrected chi connectivity index (χ4v) is 2.06. The Hall–Kier alpha value is -0.650. The third kappa shape index (κ3) is 4.61. The van der Waals surface area contributed by atoms with Crippen LogP contribution in [0.1, 0.15) is 26.7 Å². The van der Waals surface area contributed by atoms with Crippen LogP contribution < -0.4 is 11.1 Å². The molecule has 5 nitrogen and oxygen atoms in total. The standard InChI is InChI=1S/C12H25N3O2/c1-3-10(4-2)14-12(16)8-15-5-6-17-9-11(15)7-13/h10-11H,3-9,13H2,1-2H3,(H,14,16). The van der Waals surface area contributed by atoms with Gasteiger partial charge in [0.25, 0.3) is 0 Å². The Morgan fingerprint density at radius 2 is 2.24 bits per heavy atom. The quantitative estimate of drug-likeness (QED) is 0.686. The maximum absolute atomic E-state index is 11.9. The number of nitrogens with zero attached hydrogens (tertiary/aromatic N) is 1. The lowest BCUT2D eigenvalue weighted by molar-refractivity contribution is -0.125. The van der Waals surface area contributed by atoms with Gasteiger partial charge in [-0.05, 0) is 12.8 Å². The molecule has 1 saturated heterocycles. The van der Waals surface area contributed by atoms with Crippen molar-refractivity contribution in [1.82, 2.24) is 10.2 Å². The number of hydrogen-bond acceptors (Lipinski definition) is 4. The zero-order valence-corrected chi connectivity index (χ0v) is 10.9. The summed E-state index contributed by atoms with van der Waals surface area (Å²) in [7, 11) is 0. The predicted molar refractivity (Wildman–Crippen MR) is 67.7 cm³/mol. The largest absolute Gasteiger partial charge is 0.378 e. The van der Waals surface area contributed by atoms with Gasteiger partial charge in [-0.25, -0.2) is 0 Å². The number of morpholine rings is 1. The Bertz CT molecular complexity index is 232. The van der Waals surface area contributed by atoms with Crippen LogP contribution in [0, 0.1) is 0 Å². The minimum Gasteiger partial charge on any atom is -0.378 e. The van der Waals surface area contributed by atoms with Gasteiger partial charge in [-0.1, -0.05) is 13.8 Å². The highest BCUT2D eigenvalue weighted by atomic mass is 16.5. The lowest BCUT2D eigenvalue weighted by Crippen LogP contribution is -2.53. The number of nitrogens with one attached hydrogen (secondary N) is 1. The van der Waals surface area contributed by atoms with Gasteiger partial charge in [-0.15, -0.1) is 0 Å². The molecule has 5 heteroatoms. The summed E-state index contributed by atoms with van der Waals surface area (Å²) in [5, 5.41) is 3.05. The zero-order valence-electron chi connectivity index (χ0n) is 10.9. The van der Waals surface area contributed by atoms with E-state index in [1.54, 1.807) is 0 Å². The summed E-state index contributed by atoms with van der Waals surface area (Å²) in [6.45, 7) is 7.26. The monoisotopic (exact) mass is 243 g/mol. The van der Waals surface area contributed by atoms with E-state index >= 15 is 0 Å². The Labute approximate surface area is 104 Å². The second-order valence-corrected chi connectivity index (χ2v) is 4.52. The van der Waals surface area contributed by atoms with E-state index in [0.717, 1.165) is 19.4 Å². The van der Waals surface area contributed by atoms with E-state index in [1.165, 1.54) is 0 Å². The third-order valence-corrected chi connectivity index (χ3v) is 3.32. The molecular formula is C12H25N3O2. The first-order valence-corrected chi connectivity index (χ1v) is 6.52. The molecule has 1 aliphatic rings. The fourth-order valence-electron chi connectivity index (χ4n) is 2.06. The minimum absolute atomic E-state index is 0.0963. The number of rotatable bonds is 6. The highest BCUT2D eigenvalue weighted by Gasteiger charge is 2.23. The van der Waals surface area contributed by atoms with E-state index in [2.05, 4.69) is 24.1 Å². The molecule has 0 aromatic carbocycles. The summed E-state index contributed by atoms with van der Waals surface area (Å²) in [6, 6.07) is 0.469. The van der Waals surface area contributed by atoms with Gasteiger partial charge in [0.05, 0.1) is 19.8 Å². The van der Waals surface area contributed by atoms with Crippen molar-refractivity contribution in [2.24, 2.45) is 5.73 Å². The number of amides is 1. The van der Waals surface area contributed by atoms with Crippen LogP contribution in [-0.2, 0) is 9.53 Å². The van der Waals surface area contributed by atoms with E-state index in [9.17, 15) is 4.79 Å². The molecule has 0 saturated carbocycles. The molecule has 1 unspecified atom stereocenters. The summed E-state index contributed by atoms with van der Waals surface area (Å²) >= 11 is 0. The van der Waals surface area contributed by atoms with E-state index in [4.69, 9.17) is 10.5 Å². The SMILES string of the molecule is CCC(CC)NC(=O)CN1CCOCC1CN. The van der Waals surface area contributed by atoms with Crippen LogP contribution in [0.2, 0.25) is 0 Å². The molecule has 3 N–H and O–H groups in total. The van der Waals surface area contributed by atoms with E-state index in [1.807, 2.05) is 0 Å². The minimum atomic E-state index is 0.0963. The average Bonchev–Trinajstić information content (AvgIpc) is 2.36. The molecule has 1 rings (SSSR count). The Morgan fingerprint density at radius 1 is 1.53 bits per heavy atom. The Balaban J connectivity index is 2.38. The van der Waals surface area contributed by atoms with Gasteiger partial charge in [-0.3, -0.25) is 9.69 Å². The molecule has 1 fully saturated rings. The summed E-state index contributed by atoms with van der Waals surface area (Å²) in [5.74, 6) is 0.0963. The maximum Gasteiger partial charge on any atom is 0.234 e. The first-order valence-electron chi connectivity index (χ1n) is 6.52. The fraction of sp³-hybridized carbons (Fsp3) is 0.917. The molecule has 100 valence electrons. The van der Waals surface area contributed by atoms with Gasteiger partial charge in [0.15, 0.2) is 0 Å². The molecule has 0 aromatic rings. The smallest absolute Gasteiger partial charge is 0.234 e. The van der Waals surface area contributed by atoms with Crippen molar-refractivity contribution in [1.29, 1.82) is 0 Å². The summed E-state index contributed by atoms with van der Waals surface area (Å²) in [6.07, 6.45) is 1.96. The highest BCUT2D eigenvalue weighted by Crippen LogP contribution is 2.05. The zero-order chi connectivity index (χ0) is 12.7. The summed E-state index contributed by atoms with van der Waals surface area (Å²) in [4.78, 5) is 14.0. The second kappa shape index (κ2) is 7.63. The highest BCUT2D eigenvalue weighted by molar-refractivity contribution is 5.78. The van der Waals surface area contributed by atoms with Crippen LogP contribution in [-0.4, -0.2) is 55.7 Å². The lowest BCUT2D eigenvalue weighted by atomic mass is 10.1. The summed E-state index contributed by atoms with van der Waals surface area (Å²) in [5.41, 5.74) is 5.67.